The highest BCUT2D eigenvalue weighted by atomic mass is 15.1. The topological polar surface area (TPSA) is 29.3 Å². The minimum Gasteiger partial charge on any atom is -0.402 e. The van der Waals surface area contributed by atoms with E-state index >= 15 is 0 Å². The van der Waals surface area contributed by atoms with Crippen molar-refractivity contribution in [1.82, 2.24) is 4.90 Å². The van der Waals surface area contributed by atoms with Crippen molar-refractivity contribution >= 4 is 0 Å². The van der Waals surface area contributed by atoms with E-state index in [0.717, 1.165) is 11.6 Å². The molecule has 0 spiro atoms. The lowest BCUT2D eigenvalue weighted by Crippen LogP contribution is -2.37. The maximum atomic E-state index is 5.70. The first kappa shape index (κ1) is 10.6. The molecule has 1 saturated heterocycles. The number of allylic oxidation sites excluding steroid dienone is 1. The van der Waals surface area contributed by atoms with Gasteiger partial charge in [-0.1, -0.05) is 20.4 Å². The molecule has 2 nitrogen and oxygen atoms in total. The van der Waals surface area contributed by atoms with Crippen LogP contribution in [0.1, 0.15) is 26.7 Å². The second-order valence-corrected chi connectivity index (χ2v) is 4.54. The second kappa shape index (κ2) is 4.66. The number of rotatable bonds is 3. The normalized spacial score (nSPS) is 20.8. The highest BCUT2D eigenvalue weighted by molar-refractivity contribution is 4.96. The van der Waals surface area contributed by atoms with E-state index in [-0.39, 0.29) is 0 Å². The Kier molecular flexibility index (Phi) is 3.79. The lowest BCUT2D eigenvalue weighted by Gasteiger charge is -2.32. The lowest BCUT2D eigenvalue weighted by atomic mass is 9.94. The van der Waals surface area contributed by atoms with Gasteiger partial charge in [-0.3, -0.25) is 0 Å². The third-order valence-corrected chi connectivity index (χ3v) is 2.74. The van der Waals surface area contributed by atoms with Crippen LogP contribution in [0, 0.1) is 11.8 Å². The molecule has 0 aromatic rings. The Morgan fingerprint density at radius 1 is 1.46 bits per heavy atom. The average Bonchev–Trinajstić information content (AvgIpc) is 2.04. The average molecular weight is 182 g/mol. The Morgan fingerprint density at radius 2 is 2.00 bits per heavy atom. The van der Waals surface area contributed by atoms with Crippen molar-refractivity contribution in [1.29, 1.82) is 0 Å². The van der Waals surface area contributed by atoms with Crippen molar-refractivity contribution in [2.24, 2.45) is 17.6 Å². The molecule has 13 heavy (non-hydrogen) atoms. The van der Waals surface area contributed by atoms with Gasteiger partial charge in [0.1, 0.15) is 0 Å². The standard InChI is InChI=1S/C11H22N2/c1-9(2)8-13-6-4-11(5-7-13)10(3)12/h9,11H,3-8,12H2,1-2H3. The van der Waals surface area contributed by atoms with Crippen LogP contribution in [0.15, 0.2) is 12.3 Å². The molecule has 0 saturated carbocycles. The summed E-state index contributed by atoms with van der Waals surface area (Å²) in [6.45, 7) is 12.0. The van der Waals surface area contributed by atoms with Gasteiger partial charge >= 0.3 is 0 Å². The Bertz CT molecular complexity index is 167. The first-order valence-electron chi connectivity index (χ1n) is 5.26. The van der Waals surface area contributed by atoms with Crippen molar-refractivity contribution < 1.29 is 0 Å². The quantitative estimate of drug-likeness (QED) is 0.721. The number of nitrogens with zero attached hydrogens (tertiary/aromatic N) is 1. The van der Waals surface area contributed by atoms with E-state index in [2.05, 4.69) is 25.3 Å². The van der Waals surface area contributed by atoms with Gasteiger partial charge in [-0.15, -0.1) is 0 Å². The fourth-order valence-corrected chi connectivity index (χ4v) is 2.00. The predicted octanol–water partition coefficient (Wildman–Crippen LogP) is 1.83. The molecule has 76 valence electrons. The van der Waals surface area contributed by atoms with Crippen LogP contribution in [0.4, 0.5) is 0 Å². The molecule has 1 aliphatic heterocycles. The number of likely N-dealkylation sites (tertiary alicyclic amines) is 1. The molecule has 0 aromatic heterocycles. The summed E-state index contributed by atoms with van der Waals surface area (Å²) in [6.07, 6.45) is 2.39. The van der Waals surface area contributed by atoms with Gasteiger partial charge < -0.3 is 10.6 Å². The van der Waals surface area contributed by atoms with Crippen LogP contribution in [0.2, 0.25) is 0 Å². The molecular weight excluding hydrogens is 160 g/mol. The molecule has 1 heterocycles. The monoisotopic (exact) mass is 182 g/mol. The van der Waals surface area contributed by atoms with E-state index in [4.69, 9.17) is 5.73 Å². The summed E-state index contributed by atoms with van der Waals surface area (Å²) < 4.78 is 0. The third kappa shape index (κ3) is 3.39. The van der Waals surface area contributed by atoms with Crippen molar-refractivity contribution in [3.63, 3.8) is 0 Å². The van der Waals surface area contributed by atoms with Crippen LogP contribution in [0.5, 0.6) is 0 Å². The van der Waals surface area contributed by atoms with Crippen LogP contribution in [0.3, 0.4) is 0 Å². The number of nitrogens with two attached hydrogens (primary N) is 1. The minimum atomic E-state index is 0.573. The molecule has 0 bridgehead atoms. The van der Waals surface area contributed by atoms with Crippen LogP contribution in [-0.4, -0.2) is 24.5 Å². The van der Waals surface area contributed by atoms with E-state index in [1.165, 1.54) is 32.5 Å². The van der Waals surface area contributed by atoms with Crippen LogP contribution in [0.25, 0.3) is 0 Å². The zero-order valence-corrected chi connectivity index (χ0v) is 8.92. The largest absolute Gasteiger partial charge is 0.402 e. The highest BCUT2D eigenvalue weighted by Gasteiger charge is 2.19. The molecular formula is C11H22N2. The summed E-state index contributed by atoms with van der Waals surface area (Å²) >= 11 is 0. The summed E-state index contributed by atoms with van der Waals surface area (Å²) in [4.78, 5) is 2.53. The maximum absolute atomic E-state index is 5.70. The van der Waals surface area contributed by atoms with Gasteiger partial charge in [-0.25, -0.2) is 0 Å². The van der Waals surface area contributed by atoms with Gasteiger partial charge in [0.2, 0.25) is 0 Å². The smallest absolute Gasteiger partial charge is 0.00399 e. The summed E-state index contributed by atoms with van der Waals surface area (Å²) in [5.74, 6) is 1.35. The van der Waals surface area contributed by atoms with E-state index in [1.807, 2.05) is 0 Å². The molecule has 2 N–H and O–H groups in total. The van der Waals surface area contributed by atoms with E-state index in [1.54, 1.807) is 0 Å². The predicted molar refractivity (Wildman–Crippen MR) is 57.3 cm³/mol. The Labute approximate surface area is 81.8 Å². The summed E-state index contributed by atoms with van der Waals surface area (Å²) in [5, 5.41) is 0. The number of hydrogen-bond acceptors (Lipinski definition) is 2. The highest BCUT2D eigenvalue weighted by Crippen LogP contribution is 2.21. The molecule has 0 radical (unpaired) electrons. The van der Waals surface area contributed by atoms with Gasteiger partial charge in [-0.2, -0.15) is 0 Å². The number of hydrogen-bond donors (Lipinski definition) is 1. The van der Waals surface area contributed by atoms with E-state index < -0.39 is 0 Å². The Hall–Kier alpha value is -0.500. The molecule has 0 aliphatic carbocycles. The Morgan fingerprint density at radius 3 is 2.38 bits per heavy atom. The summed E-state index contributed by atoms with van der Waals surface area (Å²) in [6, 6.07) is 0. The zero-order valence-electron chi connectivity index (χ0n) is 8.92. The lowest BCUT2D eigenvalue weighted by molar-refractivity contribution is 0.180. The van der Waals surface area contributed by atoms with Crippen LogP contribution in [-0.2, 0) is 0 Å². The van der Waals surface area contributed by atoms with E-state index in [9.17, 15) is 0 Å². The van der Waals surface area contributed by atoms with Crippen molar-refractivity contribution in [2.45, 2.75) is 26.7 Å². The van der Waals surface area contributed by atoms with Gasteiger partial charge in [0.15, 0.2) is 0 Å². The molecule has 1 rings (SSSR count). The van der Waals surface area contributed by atoms with Gasteiger partial charge in [-0.05, 0) is 31.8 Å². The van der Waals surface area contributed by atoms with Gasteiger partial charge in [0, 0.05) is 18.2 Å². The second-order valence-electron chi connectivity index (χ2n) is 4.54. The molecule has 0 amide bonds. The number of piperidine rings is 1. The van der Waals surface area contributed by atoms with Gasteiger partial charge in [0.05, 0.1) is 0 Å². The zero-order chi connectivity index (χ0) is 9.84. The molecule has 0 unspecified atom stereocenters. The van der Waals surface area contributed by atoms with Crippen molar-refractivity contribution in [3.05, 3.63) is 12.3 Å². The molecule has 2 heteroatoms. The fraction of sp³-hybridized carbons (Fsp3) is 0.818. The third-order valence-electron chi connectivity index (χ3n) is 2.74. The molecule has 1 fully saturated rings. The first-order chi connectivity index (χ1) is 6.09. The Balaban J connectivity index is 2.26. The minimum absolute atomic E-state index is 0.573. The summed E-state index contributed by atoms with van der Waals surface area (Å²) in [7, 11) is 0. The molecule has 0 aromatic carbocycles. The van der Waals surface area contributed by atoms with Crippen LogP contribution >= 0.6 is 0 Å². The first-order valence-corrected chi connectivity index (χ1v) is 5.26. The summed E-state index contributed by atoms with van der Waals surface area (Å²) in [5.41, 5.74) is 6.58. The maximum Gasteiger partial charge on any atom is 0.00399 e. The van der Waals surface area contributed by atoms with Crippen molar-refractivity contribution in [2.75, 3.05) is 19.6 Å². The SMILES string of the molecule is C=C(N)C1CCN(CC(C)C)CC1. The van der Waals surface area contributed by atoms with Crippen LogP contribution < -0.4 is 5.73 Å². The van der Waals surface area contributed by atoms with Gasteiger partial charge in [0.25, 0.3) is 0 Å². The van der Waals surface area contributed by atoms with Crippen molar-refractivity contribution in [3.8, 4) is 0 Å². The van der Waals surface area contributed by atoms with E-state index in [0.29, 0.717) is 5.92 Å². The molecule has 0 atom stereocenters. The molecule has 1 aliphatic rings. The fourth-order valence-electron chi connectivity index (χ4n) is 2.00.